The molecule has 2 aliphatic rings. The molecule has 1 saturated heterocycles. The van der Waals surface area contributed by atoms with E-state index in [4.69, 9.17) is 14.6 Å². The number of aromatic nitrogens is 2. The molecule has 1 unspecified atom stereocenters. The van der Waals surface area contributed by atoms with Crippen LogP contribution in [0, 0.1) is 5.92 Å². The minimum absolute atomic E-state index is 0.556. The fraction of sp³-hybridized carbons (Fsp3) is 0.611. The van der Waals surface area contributed by atoms with E-state index in [-0.39, 0.29) is 0 Å². The van der Waals surface area contributed by atoms with Gasteiger partial charge in [-0.15, -0.1) is 5.10 Å². The van der Waals surface area contributed by atoms with Crippen LogP contribution in [0.4, 0.5) is 5.69 Å². The van der Waals surface area contributed by atoms with Crippen molar-refractivity contribution >= 4 is 27.1 Å². The van der Waals surface area contributed by atoms with Crippen molar-refractivity contribution in [3.63, 3.8) is 0 Å². The maximum Gasteiger partial charge on any atom is 0.296 e. The first-order chi connectivity index (χ1) is 11.6. The fourth-order valence-electron chi connectivity index (χ4n) is 4.14. The van der Waals surface area contributed by atoms with Gasteiger partial charge in [-0.2, -0.15) is 0 Å². The average molecular weight is 395 g/mol. The van der Waals surface area contributed by atoms with Gasteiger partial charge in [0.25, 0.3) is 5.88 Å². The highest BCUT2D eigenvalue weighted by molar-refractivity contribution is 9.10. The van der Waals surface area contributed by atoms with Crippen molar-refractivity contribution in [3.8, 4) is 5.88 Å². The molecule has 0 N–H and O–H groups in total. The molecular weight excluding hydrogens is 370 g/mol. The van der Waals surface area contributed by atoms with E-state index in [2.05, 4.69) is 35.1 Å². The number of hydrogen-bond donors (Lipinski definition) is 0. The van der Waals surface area contributed by atoms with Crippen molar-refractivity contribution < 1.29 is 9.47 Å². The van der Waals surface area contributed by atoms with Gasteiger partial charge in [0.05, 0.1) is 40.0 Å². The Bertz CT molecular complexity index is 737. The molecule has 0 bridgehead atoms. The van der Waals surface area contributed by atoms with Gasteiger partial charge in [0.2, 0.25) is 5.69 Å². The zero-order chi connectivity index (χ0) is 16.7. The highest BCUT2D eigenvalue weighted by Gasteiger charge is 2.45. The van der Waals surface area contributed by atoms with Gasteiger partial charge < -0.3 is 9.47 Å². The molecular formula is C18H25BrN3O2+. The van der Waals surface area contributed by atoms with Crippen LogP contribution in [0.2, 0.25) is 0 Å². The highest BCUT2D eigenvalue weighted by Crippen LogP contribution is 2.44. The summed E-state index contributed by atoms with van der Waals surface area (Å²) in [6, 6.07) is 6.80. The third-order valence-corrected chi connectivity index (χ3v) is 6.19. The Morgan fingerprint density at radius 2 is 2.04 bits per heavy atom. The molecule has 2 aromatic heterocycles. The summed E-state index contributed by atoms with van der Waals surface area (Å²) in [5.41, 5.74) is 2.36. The number of ether oxygens (including phenoxy) is 2. The summed E-state index contributed by atoms with van der Waals surface area (Å²) in [6.45, 7) is 2.87. The first-order valence-corrected chi connectivity index (χ1v) is 9.57. The van der Waals surface area contributed by atoms with Crippen molar-refractivity contribution in [3.05, 3.63) is 22.8 Å². The molecule has 1 saturated carbocycles. The van der Waals surface area contributed by atoms with Crippen LogP contribution >= 0.6 is 15.9 Å². The van der Waals surface area contributed by atoms with E-state index in [0.29, 0.717) is 6.04 Å². The van der Waals surface area contributed by atoms with Crippen LogP contribution < -0.4 is 9.22 Å². The Labute approximate surface area is 151 Å². The molecule has 0 radical (unpaired) electrons. The van der Waals surface area contributed by atoms with Gasteiger partial charge in [-0.3, -0.25) is 4.48 Å². The summed E-state index contributed by atoms with van der Waals surface area (Å²) in [5.74, 6) is 1.57. The zero-order valence-electron chi connectivity index (χ0n) is 14.4. The van der Waals surface area contributed by atoms with Gasteiger partial charge in [0.15, 0.2) is 0 Å². The molecule has 1 aliphatic heterocycles. The van der Waals surface area contributed by atoms with Crippen LogP contribution in [-0.4, -0.2) is 49.6 Å². The molecule has 1 atom stereocenters. The fourth-order valence-corrected chi connectivity index (χ4v) is 4.56. The molecule has 130 valence electrons. The molecule has 0 spiro atoms. The molecule has 1 aliphatic carbocycles. The molecule has 5 nitrogen and oxygen atoms in total. The minimum Gasteiger partial charge on any atom is -0.476 e. The predicted octanol–water partition coefficient (Wildman–Crippen LogP) is 3.63. The quantitative estimate of drug-likeness (QED) is 0.573. The lowest BCUT2D eigenvalue weighted by molar-refractivity contribution is 0.0432. The number of methoxy groups -OCH3 is 1. The molecule has 3 heterocycles. The highest BCUT2D eigenvalue weighted by atomic mass is 79.9. The van der Waals surface area contributed by atoms with E-state index < -0.39 is 0 Å². The molecule has 4 rings (SSSR count). The number of rotatable bonds is 5. The summed E-state index contributed by atoms with van der Waals surface area (Å²) < 4.78 is 15.2. The minimum atomic E-state index is 0.556. The van der Waals surface area contributed by atoms with Crippen LogP contribution in [0.5, 0.6) is 5.88 Å². The lowest BCUT2D eigenvalue weighted by Gasteiger charge is -2.42. The van der Waals surface area contributed by atoms with E-state index in [0.717, 1.165) is 59.0 Å². The summed E-state index contributed by atoms with van der Waals surface area (Å²) >= 11 is 3.62. The Kier molecular flexibility index (Phi) is 4.31. The van der Waals surface area contributed by atoms with Gasteiger partial charge in [0, 0.05) is 18.8 Å². The number of quaternary nitrogens is 1. The van der Waals surface area contributed by atoms with Crippen molar-refractivity contribution in [2.45, 2.75) is 31.7 Å². The number of nitrogens with zero attached hydrogens (tertiary/aromatic N) is 3. The average Bonchev–Trinajstić information content (AvgIpc) is 3.32. The molecule has 6 heteroatoms. The number of halogens is 1. The topological polar surface area (TPSA) is 35.8 Å². The number of hydrogen-bond acceptors (Lipinski definition) is 3. The van der Waals surface area contributed by atoms with Crippen molar-refractivity contribution in [2.75, 3.05) is 33.9 Å². The Hall–Kier alpha value is -1.11. The van der Waals surface area contributed by atoms with Crippen molar-refractivity contribution in [1.29, 1.82) is 0 Å². The van der Waals surface area contributed by atoms with E-state index in [1.165, 1.54) is 18.5 Å². The molecule has 2 fully saturated rings. The van der Waals surface area contributed by atoms with Crippen LogP contribution in [0.15, 0.2) is 22.8 Å². The van der Waals surface area contributed by atoms with E-state index in [1.54, 1.807) is 7.11 Å². The van der Waals surface area contributed by atoms with Crippen LogP contribution in [-0.2, 0) is 4.74 Å². The Morgan fingerprint density at radius 3 is 2.71 bits per heavy atom. The van der Waals surface area contributed by atoms with Crippen LogP contribution in [0.25, 0.3) is 5.52 Å². The predicted molar refractivity (Wildman–Crippen MR) is 98.6 cm³/mol. The monoisotopic (exact) mass is 394 g/mol. The molecule has 24 heavy (non-hydrogen) atoms. The summed E-state index contributed by atoms with van der Waals surface area (Å²) in [4.78, 5) is 0. The van der Waals surface area contributed by atoms with Crippen LogP contribution in [0.3, 0.4) is 0 Å². The third kappa shape index (κ3) is 2.74. The van der Waals surface area contributed by atoms with E-state index >= 15 is 0 Å². The van der Waals surface area contributed by atoms with Gasteiger partial charge >= 0.3 is 0 Å². The normalized spacial score (nSPS) is 21.8. The number of pyridine rings is 1. The van der Waals surface area contributed by atoms with Gasteiger partial charge in [0.1, 0.15) is 10.1 Å². The summed E-state index contributed by atoms with van der Waals surface area (Å²) in [6.07, 6.45) is 4.89. The Balaban J connectivity index is 1.87. The molecule has 0 aromatic carbocycles. The largest absolute Gasteiger partial charge is 0.476 e. The van der Waals surface area contributed by atoms with Crippen LogP contribution in [0.1, 0.15) is 25.7 Å². The maximum absolute atomic E-state index is 5.72. The van der Waals surface area contributed by atoms with Crippen molar-refractivity contribution in [2.24, 2.45) is 5.92 Å². The Morgan fingerprint density at radius 1 is 1.29 bits per heavy atom. The second-order valence-corrected chi connectivity index (χ2v) is 8.05. The van der Waals surface area contributed by atoms with E-state index in [1.807, 2.05) is 10.6 Å². The maximum atomic E-state index is 5.72. The SMILES string of the molecule is COc1nn2c(Br)cccc2c1[N+](C)(CC1CC1)C1CCOCC1. The molecule has 2 aromatic rings. The van der Waals surface area contributed by atoms with Gasteiger partial charge in [-0.25, -0.2) is 4.52 Å². The third-order valence-electron chi connectivity index (χ3n) is 5.59. The zero-order valence-corrected chi connectivity index (χ0v) is 16.0. The molecule has 0 amide bonds. The van der Waals surface area contributed by atoms with E-state index in [9.17, 15) is 0 Å². The standard InChI is InChI=1S/C18H25BrN3O2/c1-22(12-13-6-7-13,14-8-10-24-11-9-14)17-15-4-3-5-16(19)21(15)20-18(17)23-2/h3-5,13-14H,6-12H2,1-2H3/q+1. The number of fused-ring (bicyclic) bond motifs is 1. The lowest BCUT2D eigenvalue weighted by Crippen LogP contribution is -2.56. The first-order valence-electron chi connectivity index (χ1n) is 8.78. The summed E-state index contributed by atoms with van der Waals surface area (Å²) in [5, 5.41) is 4.72. The van der Waals surface area contributed by atoms with Crippen molar-refractivity contribution in [1.82, 2.24) is 14.1 Å². The second-order valence-electron chi connectivity index (χ2n) is 7.24. The second kappa shape index (κ2) is 6.32. The lowest BCUT2D eigenvalue weighted by atomic mass is 10.0. The smallest absolute Gasteiger partial charge is 0.296 e. The first kappa shape index (κ1) is 16.4. The van der Waals surface area contributed by atoms with Gasteiger partial charge in [-0.05, 0) is 40.9 Å². The summed E-state index contributed by atoms with van der Waals surface area (Å²) in [7, 11) is 4.10. The van der Waals surface area contributed by atoms with Gasteiger partial charge in [-0.1, -0.05) is 6.07 Å².